The Balaban J connectivity index is 1.46. The number of hydrogen-bond donors (Lipinski definition) is 1. The summed E-state index contributed by atoms with van der Waals surface area (Å²) in [6.45, 7) is 5.99. The number of hydrogen-bond acceptors (Lipinski definition) is 6. The molecule has 0 fully saturated rings. The Hall–Kier alpha value is -3.40. The highest BCUT2D eigenvalue weighted by Crippen LogP contribution is 2.29. The number of fused-ring (bicyclic) bond motifs is 1. The molecule has 164 valence electrons. The molecule has 0 bridgehead atoms. The van der Waals surface area contributed by atoms with Crippen molar-refractivity contribution in [2.45, 2.75) is 32.7 Å². The molecule has 1 N–H and O–H groups in total. The molecule has 4 aromatic rings. The van der Waals surface area contributed by atoms with Gasteiger partial charge in [-0.25, -0.2) is 14.4 Å². The summed E-state index contributed by atoms with van der Waals surface area (Å²) >= 11 is 3.40. The smallest absolute Gasteiger partial charge is 0.230 e. The Labute approximate surface area is 192 Å². The van der Waals surface area contributed by atoms with E-state index in [-0.39, 0.29) is 29.3 Å². The van der Waals surface area contributed by atoms with Crippen molar-refractivity contribution in [1.29, 1.82) is 0 Å². The third-order valence-corrected chi connectivity index (χ3v) is 5.04. The van der Waals surface area contributed by atoms with Crippen molar-refractivity contribution in [1.82, 2.24) is 24.7 Å². The molecule has 0 aliphatic rings. The summed E-state index contributed by atoms with van der Waals surface area (Å²) in [4.78, 5) is 24.7. The summed E-state index contributed by atoms with van der Waals surface area (Å²) in [5.74, 6) is -0.607. The maximum Gasteiger partial charge on any atom is 0.230 e. The lowest BCUT2D eigenvalue weighted by atomic mass is 10.1. The number of halogens is 2. The lowest BCUT2D eigenvalue weighted by Crippen LogP contribution is -2.22. The van der Waals surface area contributed by atoms with Gasteiger partial charge in [0.15, 0.2) is 5.75 Å². The standard InChI is InChI=1S/C22H20BrFN6O2/c1-22(2,3)30-11-14(9-28-30)29-20(31)8-19-17(24)7-15(10-25-19)32-21-16-6-13(23)4-5-18(16)26-12-27-21/h4-7,9-12H,8H2,1-3H3,(H,29,31). The maximum absolute atomic E-state index is 14.6. The summed E-state index contributed by atoms with van der Waals surface area (Å²) < 4.78 is 22.9. The zero-order valence-corrected chi connectivity index (χ0v) is 19.2. The van der Waals surface area contributed by atoms with Crippen LogP contribution in [0.1, 0.15) is 26.5 Å². The number of nitrogens with one attached hydrogen (secondary N) is 1. The predicted octanol–water partition coefficient (Wildman–Crippen LogP) is 4.85. The van der Waals surface area contributed by atoms with Crippen molar-refractivity contribution in [2.75, 3.05) is 5.32 Å². The normalized spacial score (nSPS) is 11.5. The number of rotatable bonds is 5. The molecule has 0 unspecified atom stereocenters. The highest BCUT2D eigenvalue weighted by Gasteiger charge is 2.17. The fourth-order valence-electron chi connectivity index (χ4n) is 2.94. The summed E-state index contributed by atoms with van der Waals surface area (Å²) in [6.07, 6.45) is 5.78. The van der Waals surface area contributed by atoms with E-state index in [1.807, 2.05) is 39.0 Å². The molecular formula is C22H20BrFN6O2. The van der Waals surface area contributed by atoms with Gasteiger partial charge in [-0.1, -0.05) is 15.9 Å². The molecule has 1 aromatic carbocycles. The minimum atomic E-state index is -0.650. The summed E-state index contributed by atoms with van der Waals surface area (Å²) in [7, 11) is 0. The Morgan fingerprint density at radius 2 is 2.00 bits per heavy atom. The second kappa shape index (κ2) is 8.62. The molecule has 8 nitrogen and oxygen atoms in total. The van der Waals surface area contributed by atoms with Gasteiger partial charge in [-0.15, -0.1) is 0 Å². The van der Waals surface area contributed by atoms with E-state index >= 15 is 0 Å². The highest BCUT2D eigenvalue weighted by molar-refractivity contribution is 9.10. The maximum atomic E-state index is 14.6. The van der Waals surface area contributed by atoms with Crippen molar-refractivity contribution < 1.29 is 13.9 Å². The van der Waals surface area contributed by atoms with E-state index in [9.17, 15) is 9.18 Å². The molecule has 3 aromatic heterocycles. The van der Waals surface area contributed by atoms with E-state index in [0.717, 1.165) is 4.47 Å². The van der Waals surface area contributed by atoms with E-state index in [0.29, 0.717) is 16.6 Å². The number of amides is 1. The SMILES string of the molecule is CC(C)(C)n1cc(NC(=O)Cc2ncc(Oc3ncnc4ccc(Br)cc34)cc2F)cn1. The zero-order valence-electron chi connectivity index (χ0n) is 17.6. The molecular weight excluding hydrogens is 479 g/mol. The number of carbonyl (C=O) groups excluding carboxylic acids is 1. The van der Waals surface area contributed by atoms with Crippen molar-refractivity contribution in [3.05, 3.63) is 65.2 Å². The van der Waals surface area contributed by atoms with Crippen LogP contribution >= 0.6 is 15.9 Å². The van der Waals surface area contributed by atoms with Gasteiger partial charge in [0.25, 0.3) is 0 Å². The molecule has 0 atom stereocenters. The molecule has 1 amide bonds. The molecule has 0 aliphatic carbocycles. The first-order chi connectivity index (χ1) is 15.2. The zero-order chi connectivity index (χ0) is 22.9. The van der Waals surface area contributed by atoms with Gasteiger partial charge in [-0.05, 0) is 39.0 Å². The van der Waals surface area contributed by atoms with Crippen LogP contribution in [-0.2, 0) is 16.8 Å². The Bertz CT molecular complexity index is 1300. The van der Waals surface area contributed by atoms with Gasteiger partial charge in [0.05, 0.1) is 46.6 Å². The van der Waals surface area contributed by atoms with Crippen LogP contribution in [0.3, 0.4) is 0 Å². The minimum absolute atomic E-state index is 0.00773. The van der Waals surface area contributed by atoms with Gasteiger partial charge in [-0.3, -0.25) is 14.5 Å². The number of anilines is 1. The first-order valence-corrected chi connectivity index (χ1v) is 10.6. The van der Waals surface area contributed by atoms with Crippen LogP contribution in [0.2, 0.25) is 0 Å². The van der Waals surface area contributed by atoms with E-state index in [2.05, 4.69) is 41.3 Å². The van der Waals surface area contributed by atoms with Gasteiger partial charge in [0.2, 0.25) is 11.8 Å². The fourth-order valence-corrected chi connectivity index (χ4v) is 3.31. The monoisotopic (exact) mass is 498 g/mol. The average Bonchev–Trinajstić information content (AvgIpc) is 3.19. The third kappa shape index (κ3) is 4.91. The molecule has 0 radical (unpaired) electrons. The predicted molar refractivity (Wildman–Crippen MR) is 121 cm³/mol. The van der Waals surface area contributed by atoms with Gasteiger partial charge >= 0.3 is 0 Å². The Kier molecular flexibility index (Phi) is 5.88. The van der Waals surface area contributed by atoms with Gasteiger partial charge < -0.3 is 10.1 Å². The van der Waals surface area contributed by atoms with Crippen LogP contribution in [-0.4, -0.2) is 30.6 Å². The van der Waals surface area contributed by atoms with Gasteiger partial charge in [-0.2, -0.15) is 5.10 Å². The molecule has 0 saturated carbocycles. The molecule has 4 rings (SSSR count). The summed E-state index contributed by atoms with van der Waals surface area (Å²) in [5.41, 5.74) is 1.02. The van der Waals surface area contributed by atoms with Gasteiger partial charge in [0.1, 0.15) is 12.1 Å². The number of ether oxygens (including phenoxy) is 1. The van der Waals surface area contributed by atoms with E-state index < -0.39 is 11.7 Å². The van der Waals surface area contributed by atoms with Crippen molar-refractivity contribution in [2.24, 2.45) is 0 Å². The molecule has 10 heteroatoms. The number of nitrogens with zero attached hydrogens (tertiary/aromatic N) is 5. The molecule has 3 heterocycles. The molecule has 0 aliphatic heterocycles. The topological polar surface area (TPSA) is 94.8 Å². The van der Waals surface area contributed by atoms with Crippen molar-refractivity contribution >= 4 is 38.4 Å². The lowest BCUT2D eigenvalue weighted by molar-refractivity contribution is -0.115. The second-order valence-electron chi connectivity index (χ2n) is 8.11. The number of carbonyl (C=O) groups is 1. The molecule has 0 spiro atoms. The van der Waals surface area contributed by atoms with Gasteiger partial charge in [0, 0.05) is 16.7 Å². The van der Waals surface area contributed by atoms with Crippen LogP contribution < -0.4 is 10.1 Å². The quantitative estimate of drug-likeness (QED) is 0.422. The van der Waals surface area contributed by atoms with Crippen LogP contribution in [0.5, 0.6) is 11.6 Å². The highest BCUT2D eigenvalue weighted by atomic mass is 79.9. The van der Waals surface area contributed by atoms with Crippen LogP contribution in [0, 0.1) is 5.82 Å². The summed E-state index contributed by atoms with van der Waals surface area (Å²) in [6, 6.07) is 6.67. The van der Waals surface area contributed by atoms with Crippen LogP contribution in [0.15, 0.2) is 53.7 Å². The lowest BCUT2D eigenvalue weighted by Gasteiger charge is -2.18. The summed E-state index contributed by atoms with van der Waals surface area (Å²) in [5, 5.41) is 7.60. The van der Waals surface area contributed by atoms with E-state index in [4.69, 9.17) is 4.74 Å². The first-order valence-electron chi connectivity index (χ1n) is 9.76. The van der Waals surface area contributed by atoms with E-state index in [1.54, 1.807) is 17.1 Å². The Morgan fingerprint density at radius 3 is 2.72 bits per heavy atom. The number of pyridine rings is 1. The molecule has 32 heavy (non-hydrogen) atoms. The van der Waals surface area contributed by atoms with Crippen LogP contribution in [0.25, 0.3) is 10.9 Å². The second-order valence-corrected chi connectivity index (χ2v) is 9.03. The first kappa shape index (κ1) is 21.8. The fraction of sp³-hybridized carbons (Fsp3) is 0.227. The largest absolute Gasteiger partial charge is 0.437 e. The van der Waals surface area contributed by atoms with Crippen molar-refractivity contribution in [3.8, 4) is 11.6 Å². The minimum Gasteiger partial charge on any atom is -0.437 e. The average molecular weight is 499 g/mol. The van der Waals surface area contributed by atoms with E-state index in [1.165, 1.54) is 18.6 Å². The molecule has 0 saturated heterocycles. The van der Waals surface area contributed by atoms with Crippen LogP contribution in [0.4, 0.5) is 10.1 Å². The third-order valence-electron chi connectivity index (χ3n) is 4.55. The number of benzene rings is 1. The Morgan fingerprint density at radius 1 is 1.19 bits per heavy atom. The van der Waals surface area contributed by atoms with Crippen molar-refractivity contribution in [3.63, 3.8) is 0 Å². The number of aromatic nitrogens is 5.